The Bertz CT molecular complexity index is 5390. The molecular weight excluding hydrogens is 1820 g/mol. The van der Waals surface area contributed by atoms with E-state index in [1.54, 1.807) is 208 Å². The molecule has 3 aromatic heterocycles. The van der Waals surface area contributed by atoms with Gasteiger partial charge < -0.3 is 26.8 Å². The monoisotopic (exact) mass is 1900 g/mol. The Kier molecular flexibility index (Phi) is 38.6. The largest absolute Gasteiger partial charge is 0.399 e. The van der Waals surface area contributed by atoms with E-state index < -0.39 is 53.8 Å². The van der Waals surface area contributed by atoms with Crippen LogP contribution in [0.15, 0.2) is 305 Å². The minimum atomic E-state index is -3.86. The van der Waals surface area contributed by atoms with Crippen molar-refractivity contribution in [2.75, 3.05) is 27.0 Å². The molecule has 0 saturated carbocycles. The van der Waals surface area contributed by atoms with Crippen molar-refractivity contribution < 1.29 is 68.3 Å². The lowest BCUT2D eigenvalue weighted by Gasteiger charge is -2.12. The van der Waals surface area contributed by atoms with E-state index in [-0.39, 0.29) is 65.1 Å². The number of allylic oxidation sites excluding steroid dienone is 2. The van der Waals surface area contributed by atoms with Crippen LogP contribution < -0.4 is 42.4 Å². The number of carbonyl (C=O) groups is 8. The molecule has 602 valence electrons. The van der Waals surface area contributed by atoms with Crippen LogP contribution in [-0.2, 0) is 86.0 Å². The van der Waals surface area contributed by atoms with Gasteiger partial charge in [0.2, 0.25) is 41.9 Å². The van der Waals surface area contributed by atoms with E-state index >= 15 is 0 Å². The zero-order valence-electron chi connectivity index (χ0n) is 63.4. The molecule has 12 rings (SSSR count). The number of esters is 2. The molecule has 2 aliphatic rings. The highest BCUT2D eigenvalue weighted by atomic mass is 79.9. The average Bonchev–Trinajstić information content (AvgIpc) is 1.03. The third-order valence-electron chi connectivity index (χ3n) is 14.7. The molecule has 0 aliphatic carbocycles. The Morgan fingerprint density at radius 3 is 1.16 bits per heavy atom. The molecule has 116 heavy (non-hydrogen) atoms. The van der Waals surface area contributed by atoms with Gasteiger partial charge >= 0.3 is 11.9 Å². The fourth-order valence-corrected chi connectivity index (χ4v) is 12.7. The normalized spacial score (nSPS) is 12.0. The van der Waals surface area contributed by atoms with Crippen molar-refractivity contribution in [3.63, 3.8) is 0 Å². The predicted octanol–water partition coefficient (Wildman–Crippen LogP) is 14.6. The van der Waals surface area contributed by atoms with Gasteiger partial charge in [-0.2, -0.15) is 0 Å². The summed E-state index contributed by atoms with van der Waals surface area (Å²) >= 11 is 12.9. The Labute approximate surface area is 710 Å². The fourth-order valence-electron chi connectivity index (χ4n) is 9.45. The lowest BCUT2D eigenvalue weighted by Crippen LogP contribution is -2.31. The molecule has 7 aromatic carbocycles. The number of amides is 4. The lowest BCUT2D eigenvalue weighted by molar-refractivity contribution is -0.150. The van der Waals surface area contributed by atoms with E-state index in [1.165, 1.54) is 55.5 Å². The highest BCUT2D eigenvalue weighted by molar-refractivity contribution is 9.11. The number of pyridine rings is 3. The standard InChI is InChI=1S/C23H19BrN2O4S.C22H18BrN3O4S.C12H12N2O2S.C10H7BrN2O2.C5H5BrN2.C5H4O3.C2H6.3CH3.Al/c24-18-9-11-19(12-10-18)26-23(28)14-13-20(27)15-16-5-7-17(8-6-16)21-3-1-2-4-22(21)31(25,29)30;23-17-9-11-21(25-14-17)26-22(28)12-10-18(27)13-15-5-7-16(8-6-15)19-3-1-2-4-20(19)31(24,29)30;13-10-7-5-9(6-8-10)11-3-1-2-4-12(11)17(14,15)16;1-6-4-9(14)13(10(6)15)8-3-2-7(11)5-12-8;6-4-1-2-5(7)8-3-4;1-3-2-4(6)8-5(3)7;1-2;;;;/h1-14H,15H2,(H,26,28)(H2,25,29,30);1-12,14H,13H2,(H2,24,29,30)(H,25,26,28);1-8H,13H2,(H2,14,15,16);2-5H,1H3;1-3H,(H2,7,8);2H,1H3;1-2H3;3*1H3;/b14-13-;12-10-;;;;;;;;;. The van der Waals surface area contributed by atoms with Gasteiger partial charge in [-0.1, -0.05) is 145 Å². The zero-order valence-corrected chi connectivity index (χ0v) is 73.3. The maximum Gasteiger partial charge on any atom is 0.341 e. The number of hydrogen-bond acceptors (Lipinski definition) is 20. The fraction of sp³-hybridized carbons (Fsp3) is 0.110. The molecule has 34 heteroatoms. The first kappa shape index (κ1) is 95.9. The summed E-state index contributed by atoms with van der Waals surface area (Å²) in [5.41, 5.74) is 18.1. The molecule has 4 amide bonds. The quantitative estimate of drug-likeness (QED) is 0.0111. The molecule has 0 radical (unpaired) electrons. The van der Waals surface area contributed by atoms with Gasteiger partial charge in [-0.15, -0.1) is 17.4 Å². The summed E-state index contributed by atoms with van der Waals surface area (Å²) < 4.78 is 77.6. The molecule has 0 saturated heterocycles. The molecule has 0 bridgehead atoms. The summed E-state index contributed by atoms with van der Waals surface area (Å²) in [7, 11) is -11.4. The van der Waals surface area contributed by atoms with Crippen LogP contribution in [0.25, 0.3) is 33.4 Å². The SMILES string of the molecule is CC.CC1=CC(=O)N(c2ccc(Br)cn2)C1=O.CC1=CC(=O)OC1=O.NS(=O)(=O)c1ccccc1-c1ccc(CC(=O)/C=C\C(=O)Nc2ccc(Br)cc2)cc1.NS(=O)(=O)c1ccccc1-c1ccc(CC(=O)/C=C\C(=O)Nc2ccc(Br)cn2)cc1.Nc1ccc(-c2ccccc2S(N)(=O)=O)cc1.Nc1ccc(Br)cn1.[CH3][Al]([CH3])[CH3]. The van der Waals surface area contributed by atoms with Crippen molar-refractivity contribution in [1.82, 2.24) is 15.0 Å². The first-order chi connectivity index (χ1) is 54.7. The van der Waals surface area contributed by atoms with E-state index in [4.69, 9.17) is 26.9 Å². The minimum absolute atomic E-state index is 0.0352. The summed E-state index contributed by atoms with van der Waals surface area (Å²) in [4.78, 5) is 105. The Morgan fingerprint density at radius 1 is 0.457 bits per heavy atom. The van der Waals surface area contributed by atoms with E-state index in [9.17, 15) is 63.6 Å². The van der Waals surface area contributed by atoms with Gasteiger partial charge in [0.25, 0.3) is 26.0 Å². The van der Waals surface area contributed by atoms with Gasteiger partial charge in [0, 0.05) is 113 Å². The number of cyclic esters (lactones) is 2. The van der Waals surface area contributed by atoms with Crippen LogP contribution in [-0.4, -0.2) is 101 Å². The molecule has 0 fully saturated rings. The van der Waals surface area contributed by atoms with Crippen LogP contribution in [0.1, 0.15) is 38.8 Å². The smallest absolute Gasteiger partial charge is 0.341 e. The van der Waals surface area contributed by atoms with Crippen molar-refractivity contribution in [2.45, 2.75) is 72.6 Å². The summed E-state index contributed by atoms with van der Waals surface area (Å²) in [5.74, 6) is 5.10. The number of nitrogens with one attached hydrogen (secondary N) is 2. The first-order valence-corrected chi connectivity index (χ1v) is 45.8. The number of nitrogens with two attached hydrogens (primary N) is 5. The summed E-state index contributed by atoms with van der Waals surface area (Å²) in [6, 6.07) is 57.7. The summed E-state index contributed by atoms with van der Waals surface area (Å²) in [6.07, 6.45) is 12.2. The number of nitrogens with zero attached hydrogens (tertiary/aromatic N) is 4. The minimum Gasteiger partial charge on any atom is -0.399 e. The van der Waals surface area contributed by atoms with Gasteiger partial charge in [-0.05, 0) is 193 Å². The zero-order chi connectivity index (χ0) is 86.0. The van der Waals surface area contributed by atoms with Gasteiger partial charge in [0.05, 0.1) is 14.7 Å². The number of aromatic nitrogens is 3. The molecule has 5 heterocycles. The number of halogens is 4. The number of primary sulfonamides is 3. The first-order valence-electron chi connectivity index (χ1n) is 34.5. The molecule has 0 unspecified atom stereocenters. The number of hydrogen-bond donors (Lipinski definition) is 7. The van der Waals surface area contributed by atoms with Crippen molar-refractivity contribution in [2.24, 2.45) is 15.4 Å². The van der Waals surface area contributed by atoms with Crippen LogP contribution in [0, 0.1) is 0 Å². The Balaban J connectivity index is 0.000000260. The van der Waals surface area contributed by atoms with Gasteiger partial charge in [-0.25, -0.2) is 70.1 Å². The van der Waals surface area contributed by atoms with Crippen molar-refractivity contribution in [1.29, 1.82) is 0 Å². The third kappa shape index (κ3) is 33.3. The molecule has 26 nitrogen and oxygen atoms in total. The second-order valence-corrected chi connectivity index (χ2v) is 36.5. The number of benzene rings is 7. The predicted molar refractivity (Wildman–Crippen MR) is 467 cm³/mol. The van der Waals surface area contributed by atoms with Crippen LogP contribution in [0.3, 0.4) is 0 Å². The molecule has 2 aliphatic heterocycles. The molecule has 0 spiro atoms. The number of ether oxygens (including phenoxy) is 1. The Morgan fingerprint density at radius 2 is 0.836 bits per heavy atom. The second-order valence-electron chi connectivity index (χ2n) is 24.7. The number of rotatable bonds is 17. The average molecular weight is 1900 g/mol. The lowest BCUT2D eigenvalue weighted by atomic mass is 10.0. The van der Waals surface area contributed by atoms with Gasteiger partial charge in [-0.3, -0.25) is 28.8 Å². The van der Waals surface area contributed by atoms with Crippen LogP contribution in [0.2, 0.25) is 17.4 Å². The molecule has 10 aromatic rings. The number of nitrogen functional groups attached to an aromatic ring is 2. The third-order valence-corrected chi connectivity index (χ3v) is 19.5. The maximum atomic E-state index is 12.2. The summed E-state index contributed by atoms with van der Waals surface area (Å²) in [6.45, 7) is 7.15. The van der Waals surface area contributed by atoms with Crippen LogP contribution in [0.5, 0.6) is 0 Å². The molecular formula is C82H80AlBr4N11O15S3. The molecule has 12 N–H and O–H groups in total. The number of anilines is 5. The number of ketones is 2. The van der Waals surface area contributed by atoms with E-state index in [2.05, 4.69) is 111 Å². The van der Waals surface area contributed by atoms with Gasteiger partial charge in [0.15, 0.2) is 11.6 Å². The Hall–Kier alpha value is -10.7. The van der Waals surface area contributed by atoms with Crippen LogP contribution >= 0.6 is 63.7 Å². The number of imide groups is 1. The molecule has 0 atom stereocenters. The van der Waals surface area contributed by atoms with E-state index in [0.29, 0.717) is 67.8 Å². The van der Waals surface area contributed by atoms with E-state index in [0.717, 1.165) is 45.6 Å². The number of sulfonamides is 3. The van der Waals surface area contributed by atoms with Gasteiger partial charge in [0.1, 0.15) is 17.5 Å². The summed E-state index contributed by atoms with van der Waals surface area (Å²) in [5, 5.41) is 21.0. The second kappa shape index (κ2) is 46.7. The highest BCUT2D eigenvalue weighted by Gasteiger charge is 2.31. The number of carbonyl (C=O) groups excluding carboxylic acids is 8. The van der Waals surface area contributed by atoms with Crippen molar-refractivity contribution in [3.05, 3.63) is 301 Å². The van der Waals surface area contributed by atoms with E-state index in [1.807, 2.05) is 19.9 Å². The van der Waals surface area contributed by atoms with Crippen molar-refractivity contribution in [3.8, 4) is 33.4 Å². The maximum absolute atomic E-state index is 12.2. The van der Waals surface area contributed by atoms with Crippen molar-refractivity contribution >= 4 is 184 Å². The topological polar surface area (TPSA) is 444 Å². The highest BCUT2D eigenvalue weighted by Crippen LogP contribution is 2.31. The van der Waals surface area contributed by atoms with Crippen LogP contribution in [0.4, 0.5) is 28.8 Å².